The highest BCUT2D eigenvalue weighted by Gasteiger charge is 2.39. The molecule has 1 aromatic rings. The smallest absolute Gasteiger partial charge is 0.110 e. The number of nitrogens with one attached hydrogen (secondary N) is 1. The van der Waals surface area contributed by atoms with Crippen molar-refractivity contribution in [2.75, 3.05) is 6.54 Å². The first kappa shape index (κ1) is 7.63. The molecule has 1 aliphatic carbocycles. The van der Waals surface area contributed by atoms with Crippen molar-refractivity contribution in [3.63, 3.8) is 0 Å². The summed E-state index contributed by atoms with van der Waals surface area (Å²) in [7, 11) is 0. The molecule has 2 aliphatic rings. The molecule has 0 unspecified atom stereocenters. The summed E-state index contributed by atoms with van der Waals surface area (Å²) in [6.45, 7) is 1.08. The summed E-state index contributed by atoms with van der Waals surface area (Å²) in [5.74, 6) is 1.22. The van der Waals surface area contributed by atoms with Gasteiger partial charge in [0.1, 0.15) is 5.76 Å². The van der Waals surface area contributed by atoms with E-state index < -0.39 is 0 Å². The standard InChI is InChI=1S/C11H15NO/c1-2-6-11(5-1)9-4-8-13-10(9)3-7-12-11/h4,8,12H,1-3,5-7H2. The Kier molecular flexibility index (Phi) is 1.53. The molecule has 1 saturated carbocycles. The zero-order chi connectivity index (χ0) is 8.73. The molecular weight excluding hydrogens is 162 g/mol. The topological polar surface area (TPSA) is 25.2 Å². The average Bonchev–Trinajstić information content (AvgIpc) is 2.74. The monoisotopic (exact) mass is 177 g/mol. The van der Waals surface area contributed by atoms with Crippen LogP contribution in [0.2, 0.25) is 0 Å². The lowest BCUT2D eigenvalue weighted by molar-refractivity contribution is 0.306. The van der Waals surface area contributed by atoms with Crippen LogP contribution in [0.25, 0.3) is 0 Å². The lowest BCUT2D eigenvalue weighted by atomic mass is 9.85. The Balaban J connectivity index is 2.08. The second-order valence-corrected chi connectivity index (χ2v) is 4.22. The maximum absolute atomic E-state index is 5.50. The second kappa shape index (κ2) is 2.61. The van der Waals surface area contributed by atoms with E-state index in [1.807, 2.05) is 6.26 Å². The van der Waals surface area contributed by atoms with Crippen molar-refractivity contribution in [1.29, 1.82) is 0 Å². The molecule has 2 heterocycles. The molecule has 0 radical (unpaired) electrons. The van der Waals surface area contributed by atoms with Crippen molar-refractivity contribution in [1.82, 2.24) is 5.32 Å². The minimum absolute atomic E-state index is 0.292. The first-order valence-electron chi connectivity index (χ1n) is 5.23. The van der Waals surface area contributed by atoms with Gasteiger partial charge in [0.2, 0.25) is 0 Å². The van der Waals surface area contributed by atoms with E-state index in [1.165, 1.54) is 37.0 Å². The van der Waals surface area contributed by atoms with Gasteiger partial charge < -0.3 is 9.73 Å². The molecule has 1 aromatic heterocycles. The summed E-state index contributed by atoms with van der Waals surface area (Å²) in [6, 6.07) is 2.16. The first-order chi connectivity index (χ1) is 6.41. The van der Waals surface area contributed by atoms with E-state index >= 15 is 0 Å². The van der Waals surface area contributed by atoms with E-state index in [-0.39, 0.29) is 0 Å². The number of furan rings is 1. The molecule has 0 saturated heterocycles. The Bertz CT molecular complexity index is 310. The summed E-state index contributed by atoms with van der Waals surface area (Å²) in [4.78, 5) is 0. The third-order valence-corrected chi connectivity index (χ3v) is 3.53. The van der Waals surface area contributed by atoms with Crippen LogP contribution >= 0.6 is 0 Å². The number of hydrogen-bond donors (Lipinski definition) is 1. The van der Waals surface area contributed by atoms with E-state index in [4.69, 9.17) is 4.42 Å². The zero-order valence-corrected chi connectivity index (χ0v) is 7.81. The van der Waals surface area contributed by atoms with Crippen LogP contribution in [-0.2, 0) is 12.0 Å². The summed E-state index contributed by atoms with van der Waals surface area (Å²) in [5.41, 5.74) is 1.73. The van der Waals surface area contributed by atoms with E-state index in [0.717, 1.165) is 13.0 Å². The van der Waals surface area contributed by atoms with Crippen LogP contribution in [0.4, 0.5) is 0 Å². The van der Waals surface area contributed by atoms with Crippen molar-refractivity contribution in [3.8, 4) is 0 Å². The minimum Gasteiger partial charge on any atom is -0.469 e. The molecule has 0 bridgehead atoms. The van der Waals surface area contributed by atoms with Gasteiger partial charge >= 0.3 is 0 Å². The Morgan fingerprint density at radius 1 is 1.31 bits per heavy atom. The molecule has 0 aromatic carbocycles. The van der Waals surface area contributed by atoms with Crippen molar-refractivity contribution >= 4 is 0 Å². The van der Waals surface area contributed by atoms with Crippen molar-refractivity contribution < 1.29 is 4.42 Å². The van der Waals surface area contributed by atoms with Crippen molar-refractivity contribution in [3.05, 3.63) is 23.7 Å². The lowest BCUT2D eigenvalue weighted by Crippen LogP contribution is -2.44. The number of rotatable bonds is 0. The largest absolute Gasteiger partial charge is 0.469 e. The highest BCUT2D eigenvalue weighted by molar-refractivity contribution is 5.30. The molecular formula is C11H15NO. The Hall–Kier alpha value is -0.760. The Labute approximate surface area is 78.3 Å². The Morgan fingerprint density at radius 2 is 2.15 bits per heavy atom. The highest BCUT2D eigenvalue weighted by Crippen LogP contribution is 2.42. The molecule has 0 atom stereocenters. The van der Waals surface area contributed by atoms with Crippen LogP contribution < -0.4 is 5.32 Å². The third-order valence-electron chi connectivity index (χ3n) is 3.53. The maximum atomic E-state index is 5.50. The van der Waals surface area contributed by atoms with Gasteiger partial charge in [0.15, 0.2) is 0 Å². The fraction of sp³-hybridized carbons (Fsp3) is 0.636. The maximum Gasteiger partial charge on any atom is 0.110 e. The number of fused-ring (bicyclic) bond motifs is 2. The lowest BCUT2D eigenvalue weighted by Gasteiger charge is -2.34. The molecule has 1 fully saturated rings. The molecule has 2 nitrogen and oxygen atoms in total. The number of hydrogen-bond acceptors (Lipinski definition) is 2. The predicted octanol–water partition coefficient (Wildman–Crippen LogP) is 2.19. The SMILES string of the molecule is c1cc2c(o1)CCNC21CCCC1. The fourth-order valence-electron chi connectivity index (χ4n) is 2.90. The molecule has 1 spiro atoms. The van der Waals surface area contributed by atoms with Gasteiger partial charge in [-0.25, -0.2) is 0 Å². The van der Waals surface area contributed by atoms with Gasteiger partial charge in [0.05, 0.1) is 6.26 Å². The third kappa shape index (κ3) is 0.983. The fourth-order valence-corrected chi connectivity index (χ4v) is 2.90. The van der Waals surface area contributed by atoms with Crippen LogP contribution in [0.1, 0.15) is 37.0 Å². The normalized spacial score (nSPS) is 24.9. The summed E-state index contributed by atoms with van der Waals surface area (Å²) >= 11 is 0. The molecule has 1 aliphatic heterocycles. The minimum atomic E-state index is 0.292. The quantitative estimate of drug-likeness (QED) is 0.657. The van der Waals surface area contributed by atoms with Gasteiger partial charge in [0.25, 0.3) is 0 Å². The summed E-state index contributed by atoms with van der Waals surface area (Å²) in [5, 5.41) is 3.68. The average molecular weight is 177 g/mol. The molecule has 0 amide bonds. The molecule has 3 rings (SSSR count). The van der Waals surface area contributed by atoms with Gasteiger partial charge in [-0.15, -0.1) is 0 Å². The highest BCUT2D eigenvalue weighted by atomic mass is 16.3. The van der Waals surface area contributed by atoms with Gasteiger partial charge in [-0.05, 0) is 18.9 Å². The van der Waals surface area contributed by atoms with E-state index in [0.29, 0.717) is 5.54 Å². The Morgan fingerprint density at radius 3 is 3.00 bits per heavy atom. The van der Waals surface area contributed by atoms with E-state index in [1.54, 1.807) is 0 Å². The predicted molar refractivity (Wildman–Crippen MR) is 50.6 cm³/mol. The van der Waals surface area contributed by atoms with Gasteiger partial charge in [0, 0.05) is 24.1 Å². The van der Waals surface area contributed by atoms with Crippen molar-refractivity contribution in [2.24, 2.45) is 0 Å². The van der Waals surface area contributed by atoms with E-state index in [2.05, 4.69) is 11.4 Å². The summed E-state index contributed by atoms with van der Waals surface area (Å²) in [6.07, 6.45) is 8.20. The molecule has 70 valence electrons. The van der Waals surface area contributed by atoms with Crippen molar-refractivity contribution in [2.45, 2.75) is 37.6 Å². The van der Waals surface area contributed by atoms with Gasteiger partial charge in [-0.2, -0.15) is 0 Å². The molecule has 1 N–H and O–H groups in total. The van der Waals surface area contributed by atoms with Gasteiger partial charge in [-0.1, -0.05) is 12.8 Å². The first-order valence-corrected chi connectivity index (χ1v) is 5.23. The van der Waals surface area contributed by atoms with Crippen LogP contribution in [0.15, 0.2) is 16.7 Å². The second-order valence-electron chi connectivity index (χ2n) is 4.22. The van der Waals surface area contributed by atoms with Crippen LogP contribution in [0.3, 0.4) is 0 Å². The molecule has 13 heavy (non-hydrogen) atoms. The van der Waals surface area contributed by atoms with E-state index in [9.17, 15) is 0 Å². The summed E-state index contributed by atoms with van der Waals surface area (Å²) < 4.78 is 5.50. The van der Waals surface area contributed by atoms with Crippen LogP contribution in [0, 0.1) is 0 Å². The zero-order valence-electron chi connectivity index (χ0n) is 7.81. The van der Waals surface area contributed by atoms with Crippen LogP contribution in [0.5, 0.6) is 0 Å². The van der Waals surface area contributed by atoms with Gasteiger partial charge in [-0.3, -0.25) is 0 Å². The van der Waals surface area contributed by atoms with Crippen LogP contribution in [-0.4, -0.2) is 6.54 Å². The molecule has 2 heteroatoms.